The van der Waals surface area contributed by atoms with Gasteiger partial charge in [-0.05, 0) is 49.6 Å². The van der Waals surface area contributed by atoms with E-state index in [0.717, 1.165) is 29.5 Å². The maximum atomic E-state index is 12.7. The summed E-state index contributed by atoms with van der Waals surface area (Å²) in [5, 5.41) is 0. The molecule has 0 spiro atoms. The van der Waals surface area contributed by atoms with Gasteiger partial charge in [-0.2, -0.15) is 0 Å². The molecule has 1 fully saturated rings. The molecule has 1 amide bonds. The van der Waals surface area contributed by atoms with E-state index in [2.05, 4.69) is 4.98 Å². The number of carbonyl (C=O) groups is 1. The molecule has 0 saturated heterocycles. The van der Waals surface area contributed by atoms with Crippen LogP contribution in [0.4, 0.5) is 0 Å². The van der Waals surface area contributed by atoms with Crippen molar-refractivity contribution in [3.63, 3.8) is 0 Å². The molecular weight excluding hydrogens is 248 g/mol. The Morgan fingerprint density at radius 2 is 2.00 bits per heavy atom. The highest BCUT2D eigenvalue weighted by Crippen LogP contribution is 2.29. The van der Waals surface area contributed by atoms with Crippen LogP contribution >= 0.6 is 0 Å². The van der Waals surface area contributed by atoms with Crippen LogP contribution in [-0.4, -0.2) is 21.8 Å². The zero-order valence-corrected chi connectivity index (χ0v) is 11.6. The van der Waals surface area contributed by atoms with E-state index in [9.17, 15) is 4.79 Å². The van der Waals surface area contributed by atoms with Crippen LogP contribution in [0.25, 0.3) is 0 Å². The molecule has 0 aliphatic heterocycles. The van der Waals surface area contributed by atoms with Crippen molar-refractivity contribution in [2.75, 3.05) is 0 Å². The van der Waals surface area contributed by atoms with Crippen LogP contribution in [0, 0.1) is 6.92 Å². The van der Waals surface area contributed by atoms with E-state index in [1.807, 2.05) is 48.2 Å². The fourth-order valence-electron chi connectivity index (χ4n) is 2.38. The molecule has 102 valence electrons. The molecule has 3 heteroatoms. The third-order valence-electron chi connectivity index (χ3n) is 3.62. The number of rotatable bonds is 4. The Morgan fingerprint density at radius 3 is 2.65 bits per heavy atom. The average Bonchev–Trinajstić information content (AvgIpc) is 3.30. The van der Waals surface area contributed by atoms with Gasteiger partial charge in [0.25, 0.3) is 5.91 Å². The van der Waals surface area contributed by atoms with E-state index < -0.39 is 0 Å². The average molecular weight is 266 g/mol. The van der Waals surface area contributed by atoms with Crippen molar-refractivity contribution in [2.45, 2.75) is 32.4 Å². The molecule has 1 aromatic carbocycles. The van der Waals surface area contributed by atoms with Crippen molar-refractivity contribution < 1.29 is 4.79 Å². The minimum atomic E-state index is 0.132. The van der Waals surface area contributed by atoms with Crippen LogP contribution < -0.4 is 0 Å². The third kappa shape index (κ3) is 2.87. The predicted octanol–water partition coefficient (Wildman–Crippen LogP) is 3.19. The number of hydrogen-bond donors (Lipinski definition) is 0. The van der Waals surface area contributed by atoms with Crippen LogP contribution in [0.15, 0.2) is 48.8 Å². The molecule has 2 aromatic rings. The lowest BCUT2D eigenvalue weighted by Gasteiger charge is -2.22. The highest BCUT2D eigenvalue weighted by atomic mass is 16.2. The highest BCUT2D eigenvalue weighted by Gasteiger charge is 2.33. The molecule has 0 radical (unpaired) electrons. The zero-order chi connectivity index (χ0) is 13.9. The second kappa shape index (κ2) is 5.45. The van der Waals surface area contributed by atoms with Gasteiger partial charge in [-0.3, -0.25) is 9.78 Å². The standard InChI is InChI=1S/C17H18N2O/c1-13-3-2-4-15(11-13)17(20)19(16-5-6-16)12-14-7-9-18-10-8-14/h2-4,7-11,16H,5-6,12H2,1H3. The van der Waals surface area contributed by atoms with Crippen LogP contribution in [0.2, 0.25) is 0 Å². The minimum Gasteiger partial charge on any atom is -0.331 e. The molecule has 0 unspecified atom stereocenters. The summed E-state index contributed by atoms with van der Waals surface area (Å²) < 4.78 is 0. The Kier molecular flexibility index (Phi) is 3.50. The number of hydrogen-bond acceptors (Lipinski definition) is 2. The van der Waals surface area contributed by atoms with Crippen molar-refractivity contribution in [2.24, 2.45) is 0 Å². The van der Waals surface area contributed by atoms with Gasteiger partial charge >= 0.3 is 0 Å². The first-order valence-electron chi connectivity index (χ1n) is 7.00. The topological polar surface area (TPSA) is 33.2 Å². The molecule has 1 aliphatic rings. The first-order valence-corrected chi connectivity index (χ1v) is 7.00. The smallest absolute Gasteiger partial charge is 0.254 e. The summed E-state index contributed by atoms with van der Waals surface area (Å²) in [7, 11) is 0. The van der Waals surface area contributed by atoms with Gasteiger partial charge in [0.1, 0.15) is 0 Å². The molecular formula is C17H18N2O. The van der Waals surface area contributed by atoms with Crippen LogP contribution in [0.1, 0.15) is 34.3 Å². The van der Waals surface area contributed by atoms with Gasteiger partial charge in [0.15, 0.2) is 0 Å². The lowest BCUT2D eigenvalue weighted by molar-refractivity contribution is 0.0730. The van der Waals surface area contributed by atoms with E-state index in [4.69, 9.17) is 0 Å². The predicted molar refractivity (Wildman–Crippen MR) is 78.3 cm³/mol. The molecule has 1 saturated carbocycles. The van der Waals surface area contributed by atoms with E-state index in [-0.39, 0.29) is 5.91 Å². The van der Waals surface area contributed by atoms with Crippen LogP contribution in [0.5, 0.6) is 0 Å². The molecule has 1 aliphatic carbocycles. The summed E-state index contributed by atoms with van der Waals surface area (Å²) in [4.78, 5) is 18.7. The lowest BCUT2D eigenvalue weighted by Crippen LogP contribution is -2.32. The number of benzene rings is 1. The van der Waals surface area contributed by atoms with Gasteiger partial charge in [-0.1, -0.05) is 17.7 Å². The number of aromatic nitrogens is 1. The fraction of sp³-hybridized carbons (Fsp3) is 0.294. The number of amides is 1. The van der Waals surface area contributed by atoms with Gasteiger partial charge in [0.2, 0.25) is 0 Å². The van der Waals surface area contributed by atoms with Crippen molar-refractivity contribution >= 4 is 5.91 Å². The molecule has 0 bridgehead atoms. The lowest BCUT2D eigenvalue weighted by atomic mass is 10.1. The first-order chi connectivity index (χ1) is 9.74. The maximum absolute atomic E-state index is 12.7. The van der Waals surface area contributed by atoms with Crippen molar-refractivity contribution in [1.82, 2.24) is 9.88 Å². The number of pyridine rings is 1. The first kappa shape index (κ1) is 12.9. The normalized spacial score (nSPS) is 14.1. The molecule has 3 rings (SSSR count). The summed E-state index contributed by atoms with van der Waals surface area (Å²) in [6.07, 6.45) is 5.78. The van der Waals surface area contributed by atoms with Gasteiger partial charge in [0.05, 0.1) is 0 Å². The number of nitrogens with zero attached hydrogens (tertiary/aromatic N) is 2. The molecule has 1 aromatic heterocycles. The van der Waals surface area contributed by atoms with Gasteiger partial charge < -0.3 is 4.90 Å². The van der Waals surface area contributed by atoms with Crippen LogP contribution in [0.3, 0.4) is 0 Å². The number of aryl methyl sites for hydroxylation is 1. The van der Waals surface area contributed by atoms with E-state index >= 15 is 0 Å². The summed E-state index contributed by atoms with van der Waals surface area (Å²) in [6.45, 7) is 2.68. The molecule has 20 heavy (non-hydrogen) atoms. The third-order valence-corrected chi connectivity index (χ3v) is 3.62. The van der Waals surface area contributed by atoms with E-state index in [1.165, 1.54) is 0 Å². The van der Waals surface area contributed by atoms with Crippen molar-refractivity contribution in [3.8, 4) is 0 Å². The molecule has 1 heterocycles. The summed E-state index contributed by atoms with van der Waals surface area (Å²) in [6, 6.07) is 12.2. The summed E-state index contributed by atoms with van der Waals surface area (Å²) >= 11 is 0. The van der Waals surface area contributed by atoms with E-state index in [0.29, 0.717) is 12.6 Å². The second-order valence-electron chi connectivity index (χ2n) is 5.39. The quantitative estimate of drug-likeness (QED) is 0.851. The van der Waals surface area contributed by atoms with E-state index in [1.54, 1.807) is 12.4 Å². The van der Waals surface area contributed by atoms with Crippen molar-refractivity contribution in [3.05, 3.63) is 65.5 Å². The zero-order valence-electron chi connectivity index (χ0n) is 11.6. The van der Waals surface area contributed by atoms with Gasteiger partial charge in [0, 0.05) is 30.5 Å². The Morgan fingerprint density at radius 1 is 1.25 bits per heavy atom. The largest absolute Gasteiger partial charge is 0.331 e. The highest BCUT2D eigenvalue weighted by molar-refractivity contribution is 5.94. The number of carbonyl (C=O) groups excluding carboxylic acids is 1. The van der Waals surface area contributed by atoms with Crippen molar-refractivity contribution in [1.29, 1.82) is 0 Å². The molecule has 3 nitrogen and oxygen atoms in total. The Balaban J connectivity index is 1.82. The summed E-state index contributed by atoms with van der Waals surface area (Å²) in [5.74, 6) is 0.132. The monoisotopic (exact) mass is 266 g/mol. The summed E-state index contributed by atoms with van der Waals surface area (Å²) in [5.41, 5.74) is 3.04. The second-order valence-corrected chi connectivity index (χ2v) is 5.39. The molecule has 0 atom stereocenters. The van der Waals surface area contributed by atoms with Gasteiger partial charge in [-0.25, -0.2) is 0 Å². The Bertz CT molecular complexity index is 605. The Labute approximate surface area is 119 Å². The Hall–Kier alpha value is -2.16. The minimum absolute atomic E-state index is 0.132. The maximum Gasteiger partial charge on any atom is 0.254 e. The fourth-order valence-corrected chi connectivity index (χ4v) is 2.38. The molecule has 0 N–H and O–H groups in total. The SMILES string of the molecule is Cc1cccc(C(=O)N(Cc2ccncc2)C2CC2)c1. The van der Waals surface area contributed by atoms with Gasteiger partial charge in [-0.15, -0.1) is 0 Å². The van der Waals surface area contributed by atoms with Crippen LogP contribution in [-0.2, 0) is 6.54 Å².